The predicted molar refractivity (Wildman–Crippen MR) is 111 cm³/mol. The van der Waals surface area contributed by atoms with Crippen molar-refractivity contribution in [2.75, 3.05) is 25.0 Å². The molecular formula is C20H20FN5S. The van der Waals surface area contributed by atoms with E-state index < -0.39 is 5.95 Å². The molecule has 138 valence electrons. The first-order chi connectivity index (χ1) is 13.2. The van der Waals surface area contributed by atoms with Gasteiger partial charge in [-0.1, -0.05) is 6.07 Å². The van der Waals surface area contributed by atoms with Crippen LogP contribution in [0.1, 0.15) is 18.4 Å². The van der Waals surface area contributed by atoms with Crippen LogP contribution in [0.15, 0.2) is 41.5 Å². The molecule has 1 fully saturated rings. The summed E-state index contributed by atoms with van der Waals surface area (Å²) in [6.07, 6.45) is 5.48. The highest BCUT2D eigenvalue weighted by atomic mass is 32.1. The lowest BCUT2D eigenvalue weighted by molar-refractivity contribution is 0.586. The number of pyridine rings is 1. The Bertz CT molecular complexity index is 1030. The third-order valence-corrected chi connectivity index (χ3v) is 5.73. The lowest BCUT2D eigenvalue weighted by atomic mass is 10.1. The molecule has 1 aromatic carbocycles. The Morgan fingerprint density at radius 1 is 1.22 bits per heavy atom. The molecule has 0 unspecified atom stereocenters. The molecule has 0 spiro atoms. The summed E-state index contributed by atoms with van der Waals surface area (Å²) in [6.45, 7) is 1.88. The molecule has 5 nitrogen and oxygen atoms in total. The number of halogens is 1. The van der Waals surface area contributed by atoms with Crippen molar-refractivity contribution in [3.05, 3.63) is 48.0 Å². The largest absolute Gasteiger partial charge is 0.404 e. The number of nitrogens with zero attached hydrogens (tertiary/aromatic N) is 4. The maximum absolute atomic E-state index is 14.7. The van der Waals surface area contributed by atoms with E-state index in [0.29, 0.717) is 16.4 Å². The second kappa shape index (κ2) is 7.44. The van der Waals surface area contributed by atoms with Crippen LogP contribution in [0.5, 0.6) is 0 Å². The van der Waals surface area contributed by atoms with Crippen molar-refractivity contribution in [2.24, 2.45) is 10.7 Å². The van der Waals surface area contributed by atoms with E-state index in [1.807, 2.05) is 24.3 Å². The second-order valence-corrected chi connectivity index (χ2v) is 7.44. The predicted octanol–water partition coefficient (Wildman–Crippen LogP) is 4.10. The van der Waals surface area contributed by atoms with Gasteiger partial charge in [-0.05, 0) is 42.7 Å². The number of rotatable bonds is 4. The van der Waals surface area contributed by atoms with Gasteiger partial charge in [0.15, 0.2) is 0 Å². The summed E-state index contributed by atoms with van der Waals surface area (Å²) in [5, 5.41) is 0.627. The van der Waals surface area contributed by atoms with E-state index in [1.165, 1.54) is 17.5 Å². The van der Waals surface area contributed by atoms with Crippen LogP contribution in [-0.2, 0) is 0 Å². The number of anilines is 1. The standard InChI is InChI=1S/C20H20FN5S/c1-23-12-14(11-22)13-4-6-17-16(10-13)24-20(27-17)15-5-7-18(25-19(15)21)26-8-2-3-9-26/h4-7,10-12H,2-3,8-9,22H2,1H3. The average Bonchev–Trinajstić information content (AvgIpc) is 3.35. The highest BCUT2D eigenvalue weighted by Gasteiger charge is 2.18. The van der Waals surface area contributed by atoms with Gasteiger partial charge in [-0.25, -0.2) is 9.97 Å². The van der Waals surface area contributed by atoms with Crippen molar-refractivity contribution in [1.29, 1.82) is 0 Å². The molecule has 1 aliphatic heterocycles. The first kappa shape index (κ1) is 17.6. The van der Waals surface area contributed by atoms with Gasteiger partial charge >= 0.3 is 0 Å². The van der Waals surface area contributed by atoms with Crippen LogP contribution in [0, 0.1) is 5.95 Å². The van der Waals surface area contributed by atoms with E-state index in [9.17, 15) is 4.39 Å². The van der Waals surface area contributed by atoms with E-state index in [-0.39, 0.29) is 0 Å². The monoisotopic (exact) mass is 381 g/mol. The van der Waals surface area contributed by atoms with Crippen LogP contribution in [0.3, 0.4) is 0 Å². The molecule has 1 aliphatic rings. The van der Waals surface area contributed by atoms with Crippen molar-refractivity contribution in [3.8, 4) is 10.6 Å². The molecule has 0 radical (unpaired) electrons. The smallest absolute Gasteiger partial charge is 0.225 e. The minimum atomic E-state index is -0.473. The molecule has 0 aliphatic carbocycles. The summed E-state index contributed by atoms with van der Waals surface area (Å²) in [5.74, 6) is 0.230. The van der Waals surface area contributed by atoms with E-state index in [2.05, 4.69) is 19.9 Å². The summed E-state index contributed by atoms with van der Waals surface area (Å²) < 4.78 is 15.7. The molecule has 1 saturated heterocycles. The van der Waals surface area contributed by atoms with Gasteiger partial charge in [-0.2, -0.15) is 4.39 Å². The van der Waals surface area contributed by atoms with E-state index in [1.54, 1.807) is 19.3 Å². The van der Waals surface area contributed by atoms with E-state index >= 15 is 0 Å². The lowest BCUT2D eigenvalue weighted by Crippen LogP contribution is -2.19. The average molecular weight is 381 g/mol. The van der Waals surface area contributed by atoms with Gasteiger partial charge in [0.05, 0.1) is 15.8 Å². The van der Waals surface area contributed by atoms with Crippen LogP contribution in [0.4, 0.5) is 10.2 Å². The normalized spacial score (nSPS) is 15.3. The van der Waals surface area contributed by atoms with E-state index in [4.69, 9.17) is 5.73 Å². The van der Waals surface area contributed by atoms with Crippen molar-refractivity contribution >= 4 is 39.2 Å². The van der Waals surface area contributed by atoms with E-state index in [0.717, 1.165) is 47.3 Å². The molecule has 3 aromatic rings. The number of aromatic nitrogens is 2. The number of nitrogens with two attached hydrogens (primary N) is 1. The third kappa shape index (κ3) is 3.42. The Morgan fingerprint density at radius 2 is 2.04 bits per heavy atom. The zero-order valence-electron chi connectivity index (χ0n) is 15.0. The summed E-state index contributed by atoms with van der Waals surface area (Å²) >= 11 is 1.45. The number of thiazole rings is 1. The summed E-state index contributed by atoms with van der Waals surface area (Å²) in [7, 11) is 1.70. The minimum Gasteiger partial charge on any atom is -0.404 e. The fourth-order valence-electron chi connectivity index (χ4n) is 3.28. The van der Waals surface area contributed by atoms with Crippen LogP contribution < -0.4 is 10.6 Å². The molecule has 4 rings (SSSR count). The first-order valence-corrected chi connectivity index (χ1v) is 9.68. The highest BCUT2D eigenvalue weighted by molar-refractivity contribution is 7.21. The molecule has 0 bridgehead atoms. The van der Waals surface area contributed by atoms with Crippen LogP contribution in [0.25, 0.3) is 26.4 Å². The van der Waals surface area contributed by atoms with Crippen LogP contribution >= 0.6 is 11.3 Å². The lowest BCUT2D eigenvalue weighted by Gasteiger charge is -2.16. The summed E-state index contributed by atoms with van der Waals surface area (Å²) in [5.41, 5.74) is 8.67. The van der Waals surface area contributed by atoms with Crippen molar-refractivity contribution in [2.45, 2.75) is 12.8 Å². The van der Waals surface area contributed by atoms with Crippen LogP contribution in [-0.4, -0.2) is 36.3 Å². The zero-order chi connectivity index (χ0) is 18.8. The maximum atomic E-state index is 14.7. The van der Waals surface area contributed by atoms with Crippen LogP contribution in [0.2, 0.25) is 0 Å². The zero-order valence-corrected chi connectivity index (χ0v) is 15.8. The van der Waals surface area contributed by atoms with Crippen molar-refractivity contribution < 1.29 is 4.39 Å². The Balaban J connectivity index is 1.69. The third-order valence-electron chi connectivity index (χ3n) is 4.66. The molecule has 0 saturated carbocycles. The van der Waals surface area contributed by atoms with Gasteiger partial charge in [0.1, 0.15) is 10.8 Å². The number of hydrogen-bond acceptors (Lipinski definition) is 6. The summed E-state index contributed by atoms with van der Waals surface area (Å²) in [6, 6.07) is 9.55. The Kier molecular flexibility index (Phi) is 4.85. The number of allylic oxidation sites excluding steroid dienone is 1. The number of benzene rings is 1. The fourth-order valence-corrected chi connectivity index (χ4v) is 4.24. The topological polar surface area (TPSA) is 67.4 Å². The van der Waals surface area contributed by atoms with Gasteiger partial charge in [0.25, 0.3) is 0 Å². The first-order valence-electron chi connectivity index (χ1n) is 8.86. The SMILES string of the molecule is CN=CC(=CN)c1ccc2sc(-c3ccc(N4CCCC4)nc3F)nc2c1. The highest BCUT2D eigenvalue weighted by Crippen LogP contribution is 2.33. The maximum Gasteiger partial charge on any atom is 0.225 e. The number of fused-ring (bicyclic) bond motifs is 1. The number of aliphatic imine (C=N–C) groups is 1. The minimum absolute atomic E-state index is 0.436. The Hall–Kier alpha value is -2.80. The Morgan fingerprint density at radius 3 is 2.74 bits per heavy atom. The molecule has 2 N–H and O–H groups in total. The summed E-state index contributed by atoms with van der Waals surface area (Å²) in [4.78, 5) is 14.9. The molecule has 0 amide bonds. The van der Waals surface area contributed by atoms with Crippen molar-refractivity contribution in [1.82, 2.24) is 9.97 Å². The van der Waals surface area contributed by atoms with Gasteiger partial charge < -0.3 is 10.6 Å². The quantitative estimate of drug-likeness (QED) is 0.546. The molecule has 7 heteroatoms. The number of hydrogen-bond donors (Lipinski definition) is 1. The fraction of sp³-hybridized carbons (Fsp3) is 0.250. The molecular weight excluding hydrogens is 361 g/mol. The second-order valence-electron chi connectivity index (χ2n) is 6.41. The molecule has 2 aromatic heterocycles. The van der Waals surface area contributed by atoms with Gasteiger partial charge in [-0.3, -0.25) is 4.99 Å². The van der Waals surface area contributed by atoms with Gasteiger partial charge in [0, 0.05) is 38.1 Å². The van der Waals surface area contributed by atoms with Gasteiger partial charge in [-0.15, -0.1) is 11.3 Å². The van der Waals surface area contributed by atoms with Crippen molar-refractivity contribution in [3.63, 3.8) is 0 Å². The molecule has 3 heterocycles. The van der Waals surface area contributed by atoms with Gasteiger partial charge in [0.2, 0.25) is 5.95 Å². The Labute approximate surface area is 161 Å². The molecule has 0 atom stereocenters. The molecule has 27 heavy (non-hydrogen) atoms.